The Kier molecular flexibility index (Phi) is 8.01. The van der Waals surface area contributed by atoms with E-state index >= 15 is 0 Å². The lowest BCUT2D eigenvalue weighted by atomic mass is 9.98. The largest absolute Gasteiger partial charge is 0.469 e. The van der Waals surface area contributed by atoms with Crippen LogP contribution >= 0.6 is 0 Å². The fourth-order valence-corrected chi connectivity index (χ4v) is 5.16. The Bertz CT molecular complexity index is 783. The number of nitrogens with one attached hydrogen (secondary N) is 1. The summed E-state index contributed by atoms with van der Waals surface area (Å²) in [6.45, 7) is 5.31. The molecule has 1 amide bonds. The highest BCUT2D eigenvalue weighted by atomic mass is 16.8. The van der Waals surface area contributed by atoms with Crippen molar-refractivity contribution in [3.63, 3.8) is 0 Å². The number of fused-ring (bicyclic) bond motifs is 2. The quantitative estimate of drug-likeness (QED) is 0.376. The number of rotatable bonds is 9. The van der Waals surface area contributed by atoms with Gasteiger partial charge in [-0.3, -0.25) is 9.59 Å². The molecule has 13 nitrogen and oxygen atoms in total. The van der Waals surface area contributed by atoms with Crippen molar-refractivity contribution in [2.75, 3.05) is 21.3 Å². The maximum Gasteiger partial charge on any atom is 0.307 e. The number of carbonyl (C=O) groups excluding carboxylic acids is 2. The summed E-state index contributed by atoms with van der Waals surface area (Å²) in [7, 11) is 4.31. The van der Waals surface area contributed by atoms with Crippen molar-refractivity contribution in [1.29, 1.82) is 0 Å². The van der Waals surface area contributed by atoms with Crippen molar-refractivity contribution in [3.05, 3.63) is 0 Å². The number of ether oxygens (including phenoxy) is 9. The minimum atomic E-state index is -0.840. The Hall–Kier alpha value is -1.42. The van der Waals surface area contributed by atoms with Gasteiger partial charge >= 0.3 is 5.97 Å². The zero-order chi connectivity index (χ0) is 25.5. The molecular formula is C22H36N2O11. The summed E-state index contributed by atoms with van der Waals surface area (Å²) >= 11 is 0. The number of amides is 1. The van der Waals surface area contributed by atoms with Crippen LogP contribution in [0.1, 0.15) is 33.6 Å². The third-order valence-corrected chi connectivity index (χ3v) is 6.65. The molecule has 200 valence electrons. The second kappa shape index (κ2) is 10.5. The van der Waals surface area contributed by atoms with Crippen LogP contribution in [0.3, 0.4) is 0 Å². The van der Waals surface area contributed by atoms with E-state index in [1.165, 1.54) is 21.3 Å². The second-order valence-corrected chi connectivity index (χ2v) is 9.57. The first-order valence-corrected chi connectivity index (χ1v) is 11.7. The highest BCUT2D eigenvalue weighted by Crippen LogP contribution is 2.40. The summed E-state index contributed by atoms with van der Waals surface area (Å²) < 4.78 is 50.9. The van der Waals surface area contributed by atoms with Gasteiger partial charge in [-0.2, -0.15) is 0 Å². The van der Waals surface area contributed by atoms with Gasteiger partial charge < -0.3 is 53.7 Å². The fraction of sp³-hybridized carbons (Fsp3) is 0.909. The number of nitrogens with two attached hydrogens (primary N) is 1. The molecule has 0 aromatic carbocycles. The lowest BCUT2D eigenvalue weighted by molar-refractivity contribution is -0.220. The summed E-state index contributed by atoms with van der Waals surface area (Å²) in [5.41, 5.74) is 6.33. The minimum Gasteiger partial charge on any atom is -0.469 e. The van der Waals surface area contributed by atoms with Gasteiger partial charge in [0.25, 0.3) is 0 Å². The van der Waals surface area contributed by atoms with E-state index in [2.05, 4.69) is 5.32 Å². The zero-order valence-electron chi connectivity index (χ0n) is 20.8. The predicted octanol–water partition coefficient (Wildman–Crippen LogP) is -0.856. The predicted molar refractivity (Wildman–Crippen MR) is 116 cm³/mol. The fourth-order valence-electron chi connectivity index (χ4n) is 5.16. The van der Waals surface area contributed by atoms with E-state index in [1.807, 2.05) is 0 Å². The Morgan fingerprint density at radius 3 is 2.23 bits per heavy atom. The summed E-state index contributed by atoms with van der Waals surface area (Å²) in [6, 6.07) is -1.50. The third kappa shape index (κ3) is 5.48. The van der Waals surface area contributed by atoms with Crippen molar-refractivity contribution >= 4 is 11.9 Å². The molecule has 0 aromatic heterocycles. The number of hydrogen-bond donors (Lipinski definition) is 2. The molecule has 0 aromatic rings. The highest BCUT2D eigenvalue weighted by Gasteiger charge is 2.57. The van der Waals surface area contributed by atoms with Gasteiger partial charge in [-0.05, 0) is 20.8 Å². The standard InChI is InChI=1S/C22H36N2O11/c1-9-30-18-16(28-5)14(32-20(18)31-9)10(23)7-12(25)24-11(8-13(26)27-4)15-17(29-6)19-21(33-15)35-22(2,3)34-19/h9-11,14-21H,7-8,23H2,1-6H3,(H,24,25)/t9?,10?,11?,14-,15-,16-,17-,18+,19+,20-,21+/m0/s1. The first-order valence-electron chi connectivity index (χ1n) is 11.7. The van der Waals surface area contributed by atoms with Gasteiger partial charge in [0.15, 0.2) is 24.7 Å². The minimum absolute atomic E-state index is 0.103. The van der Waals surface area contributed by atoms with Crippen LogP contribution in [0.5, 0.6) is 0 Å². The van der Waals surface area contributed by atoms with E-state index in [1.54, 1.807) is 20.8 Å². The van der Waals surface area contributed by atoms with E-state index in [-0.39, 0.29) is 12.8 Å². The van der Waals surface area contributed by atoms with Gasteiger partial charge in [-0.15, -0.1) is 0 Å². The van der Waals surface area contributed by atoms with Crippen molar-refractivity contribution in [2.45, 2.75) is 107 Å². The molecule has 3 unspecified atom stereocenters. The average Bonchev–Trinajstić information content (AvgIpc) is 3.48. The summed E-state index contributed by atoms with van der Waals surface area (Å²) in [4.78, 5) is 25.2. The Labute approximate surface area is 204 Å². The first kappa shape index (κ1) is 26.6. The molecule has 4 aliphatic rings. The molecule has 0 saturated carbocycles. The SMILES string of the molecule is COC(=O)CC(NC(=O)CC(N)[C@@H]1O[C@@H]2OC(C)O[C@@H]2[C@H]1OC)[C@@H]1O[C@@H]2OC(C)(C)O[C@@H]2[C@H]1OC. The van der Waals surface area contributed by atoms with Gasteiger partial charge in [0.2, 0.25) is 5.91 Å². The topological polar surface area (TPSA) is 155 Å². The Morgan fingerprint density at radius 2 is 1.57 bits per heavy atom. The van der Waals surface area contributed by atoms with Crippen LogP contribution in [-0.2, 0) is 52.2 Å². The van der Waals surface area contributed by atoms with Crippen molar-refractivity contribution in [3.8, 4) is 0 Å². The van der Waals surface area contributed by atoms with Gasteiger partial charge in [0, 0.05) is 26.7 Å². The van der Waals surface area contributed by atoms with E-state index in [9.17, 15) is 9.59 Å². The normalized spacial score (nSPS) is 41.3. The Balaban J connectivity index is 1.40. The lowest BCUT2D eigenvalue weighted by Crippen LogP contribution is -2.53. The van der Waals surface area contributed by atoms with Crippen LogP contribution < -0.4 is 11.1 Å². The van der Waals surface area contributed by atoms with Crippen LogP contribution in [0.2, 0.25) is 0 Å². The maximum atomic E-state index is 13.0. The number of hydrogen-bond acceptors (Lipinski definition) is 12. The maximum absolute atomic E-state index is 13.0. The van der Waals surface area contributed by atoms with Crippen molar-refractivity contribution in [2.24, 2.45) is 5.73 Å². The first-order chi connectivity index (χ1) is 16.6. The molecule has 11 atom stereocenters. The molecule has 4 rings (SSSR count). The third-order valence-electron chi connectivity index (χ3n) is 6.65. The van der Waals surface area contributed by atoms with Gasteiger partial charge in [0.1, 0.15) is 36.6 Å². The summed E-state index contributed by atoms with van der Waals surface area (Å²) in [5, 5.41) is 2.85. The number of carbonyl (C=O) groups is 2. The zero-order valence-corrected chi connectivity index (χ0v) is 20.8. The molecule has 4 aliphatic heterocycles. The lowest BCUT2D eigenvalue weighted by Gasteiger charge is -2.31. The van der Waals surface area contributed by atoms with Crippen LogP contribution in [0, 0.1) is 0 Å². The molecule has 0 radical (unpaired) electrons. The van der Waals surface area contributed by atoms with Crippen LogP contribution in [0.15, 0.2) is 0 Å². The van der Waals surface area contributed by atoms with E-state index in [4.69, 9.17) is 48.4 Å². The van der Waals surface area contributed by atoms with E-state index < -0.39 is 85.2 Å². The number of esters is 1. The molecule has 4 heterocycles. The van der Waals surface area contributed by atoms with Gasteiger partial charge in [-0.25, -0.2) is 0 Å². The van der Waals surface area contributed by atoms with Crippen LogP contribution in [0.4, 0.5) is 0 Å². The summed E-state index contributed by atoms with van der Waals surface area (Å²) in [6.07, 6.45) is -5.34. The molecule has 0 spiro atoms. The highest BCUT2D eigenvalue weighted by molar-refractivity contribution is 5.78. The molecule has 13 heteroatoms. The van der Waals surface area contributed by atoms with Gasteiger partial charge in [0.05, 0.1) is 19.6 Å². The summed E-state index contributed by atoms with van der Waals surface area (Å²) in [5.74, 6) is -1.77. The second-order valence-electron chi connectivity index (χ2n) is 9.57. The molecule has 0 bridgehead atoms. The van der Waals surface area contributed by atoms with Crippen LogP contribution in [-0.4, -0.2) is 107 Å². The van der Waals surface area contributed by atoms with Gasteiger partial charge in [-0.1, -0.05) is 0 Å². The molecule has 4 saturated heterocycles. The van der Waals surface area contributed by atoms with Crippen molar-refractivity contribution < 1.29 is 52.2 Å². The molecule has 3 N–H and O–H groups in total. The average molecular weight is 505 g/mol. The van der Waals surface area contributed by atoms with Crippen LogP contribution in [0.25, 0.3) is 0 Å². The molecular weight excluding hydrogens is 468 g/mol. The Morgan fingerprint density at radius 1 is 0.914 bits per heavy atom. The monoisotopic (exact) mass is 504 g/mol. The smallest absolute Gasteiger partial charge is 0.307 e. The molecule has 0 aliphatic carbocycles. The van der Waals surface area contributed by atoms with Crippen molar-refractivity contribution in [1.82, 2.24) is 5.32 Å². The molecule has 35 heavy (non-hydrogen) atoms. The van der Waals surface area contributed by atoms with E-state index in [0.717, 1.165) is 0 Å². The molecule has 4 fully saturated rings. The van der Waals surface area contributed by atoms with E-state index in [0.29, 0.717) is 0 Å². The number of methoxy groups -OCH3 is 3.